The number of carbonyl (C=O) groups excluding carboxylic acids is 1. The number of methoxy groups -OCH3 is 1. The third-order valence-corrected chi connectivity index (χ3v) is 6.95. The first-order chi connectivity index (χ1) is 12.5. The molecule has 0 amide bonds. The molecule has 27 heavy (non-hydrogen) atoms. The van der Waals surface area contributed by atoms with Crippen molar-refractivity contribution in [3.05, 3.63) is 58.7 Å². The number of rotatable bonds is 4. The number of allylic oxidation sites excluding steroid dienone is 3. The second-order valence-corrected chi connectivity index (χ2v) is 10.0. The van der Waals surface area contributed by atoms with Crippen molar-refractivity contribution in [2.45, 2.75) is 77.0 Å². The molecule has 0 N–H and O–H groups in total. The van der Waals surface area contributed by atoms with Gasteiger partial charge in [-0.25, -0.2) is 4.79 Å². The van der Waals surface area contributed by atoms with Gasteiger partial charge in [-0.2, -0.15) is 0 Å². The third-order valence-electron chi connectivity index (χ3n) is 6.95. The number of esters is 1. The van der Waals surface area contributed by atoms with Crippen molar-refractivity contribution in [1.82, 2.24) is 0 Å². The normalized spacial score (nSPS) is 28.7. The van der Waals surface area contributed by atoms with Gasteiger partial charge in [-0.3, -0.25) is 0 Å². The van der Waals surface area contributed by atoms with Crippen LogP contribution in [0, 0.1) is 5.92 Å². The van der Waals surface area contributed by atoms with Gasteiger partial charge in [-0.05, 0) is 70.6 Å². The molecule has 1 aromatic rings. The first kappa shape index (κ1) is 19.9. The van der Waals surface area contributed by atoms with E-state index in [-0.39, 0.29) is 22.2 Å². The van der Waals surface area contributed by atoms with E-state index in [4.69, 9.17) is 4.74 Å². The smallest absolute Gasteiger partial charge is 0.330 e. The van der Waals surface area contributed by atoms with Gasteiger partial charge >= 0.3 is 5.97 Å². The van der Waals surface area contributed by atoms with E-state index in [1.54, 1.807) is 6.08 Å². The van der Waals surface area contributed by atoms with Crippen LogP contribution in [0.3, 0.4) is 0 Å². The van der Waals surface area contributed by atoms with Crippen LogP contribution in [0.15, 0.2) is 42.0 Å². The van der Waals surface area contributed by atoms with Gasteiger partial charge in [0.1, 0.15) is 0 Å². The van der Waals surface area contributed by atoms with Crippen molar-refractivity contribution >= 4 is 5.97 Å². The summed E-state index contributed by atoms with van der Waals surface area (Å²) in [4.78, 5) is 11.3. The number of hydrogen-bond donors (Lipinski definition) is 0. The predicted octanol–water partition coefficient (Wildman–Crippen LogP) is 5.99. The summed E-state index contributed by atoms with van der Waals surface area (Å²) in [5.74, 6) is 0.228. The summed E-state index contributed by atoms with van der Waals surface area (Å²) in [5.41, 5.74) is 6.17. The average molecular weight is 367 g/mol. The lowest BCUT2D eigenvalue weighted by molar-refractivity contribution is -0.134. The summed E-state index contributed by atoms with van der Waals surface area (Å²) in [7, 11) is 1.41. The van der Waals surface area contributed by atoms with Gasteiger partial charge in [0.15, 0.2) is 0 Å². The lowest BCUT2D eigenvalue weighted by atomic mass is 9.62. The Morgan fingerprint density at radius 2 is 1.70 bits per heavy atom. The van der Waals surface area contributed by atoms with E-state index in [9.17, 15) is 4.79 Å². The highest BCUT2D eigenvalue weighted by Crippen LogP contribution is 2.56. The minimum absolute atomic E-state index is 0.203. The van der Waals surface area contributed by atoms with Crippen LogP contribution in [0.2, 0.25) is 0 Å². The van der Waals surface area contributed by atoms with E-state index in [0.717, 1.165) is 12.0 Å². The van der Waals surface area contributed by atoms with Crippen molar-refractivity contribution in [3.63, 3.8) is 0 Å². The maximum atomic E-state index is 11.3. The summed E-state index contributed by atoms with van der Waals surface area (Å²) in [6.45, 7) is 13.8. The molecular formula is C25H34O2. The van der Waals surface area contributed by atoms with Crippen LogP contribution in [-0.2, 0) is 25.8 Å². The molecule has 0 heterocycles. The highest BCUT2D eigenvalue weighted by Gasteiger charge is 2.50. The Bertz CT molecular complexity index is 810. The lowest BCUT2D eigenvalue weighted by Gasteiger charge is -2.42. The zero-order chi connectivity index (χ0) is 20.0. The zero-order valence-electron chi connectivity index (χ0n) is 18.0. The summed E-state index contributed by atoms with van der Waals surface area (Å²) in [6.07, 6.45) is 9.51. The second kappa shape index (κ2) is 6.65. The van der Waals surface area contributed by atoms with Crippen LogP contribution >= 0.6 is 0 Å². The Morgan fingerprint density at radius 1 is 1.07 bits per heavy atom. The molecule has 0 spiro atoms. The molecule has 0 bridgehead atoms. The van der Waals surface area contributed by atoms with E-state index in [0.29, 0.717) is 5.92 Å². The largest absolute Gasteiger partial charge is 0.466 e. The monoisotopic (exact) mass is 366 g/mol. The number of hydrogen-bond acceptors (Lipinski definition) is 2. The molecule has 0 aromatic heterocycles. The fraction of sp³-hybridized carbons (Fsp3) is 0.560. The molecule has 2 heteroatoms. The van der Waals surface area contributed by atoms with Crippen molar-refractivity contribution in [1.29, 1.82) is 0 Å². The Hall–Kier alpha value is -1.83. The molecule has 2 aliphatic carbocycles. The van der Waals surface area contributed by atoms with Crippen LogP contribution in [0.5, 0.6) is 0 Å². The zero-order valence-corrected chi connectivity index (χ0v) is 18.0. The van der Waals surface area contributed by atoms with Crippen LogP contribution in [0.1, 0.15) is 77.5 Å². The van der Waals surface area contributed by atoms with E-state index < -0.39 is 0 Å². The molecule has 0 radical (unpaired) electrons. The quantitative estimate of drug-likeness (QED) is 0.372. The lowest BCUT2D eigenvalue weighted by Crippen LogP contribution is -2.34. The van der Waals surface area contributed by atoms with Gasteiger partial charge in [0.05, 0.1) is 7.11 Å². The molecule has 0 saturated heterocycles. The van der Waals surface area contributed by atoms with E-state index in [1.165, 1.54) is 36.6 Å². The number of carbonyl (C=O) groups is 1. The molecule has 1 fully saturated rings. The van der Waals surface area contributed by atoms with Crippen molar-refractivity contribution < 1.29 is 9.53 Å². The van der Waals surface area contributed by atoms with Gasteiger partial charge in [0.25, 0.3) is 0 Å². The summed E-state index contributed by atoms with van der Waals surface area (Å²) in [5, 5.41) is 0. The third kappa shape index (κ3) is 3.77. The van der Waals surface area contributed by atoms with Crippen LogP contribution < -0.4 is 0 Å². The highest BCUT2D eigenvalue weighted by atomic mass is 16.5. The Labute approximate surface area is 164 Å². The van der Waals surface area contributed by atoms with Gasteiger partial charge in [0, 0.05) is 6.08 Å². The minimum Gasteiger partial charge on any atom is -0.466 e. The van der Waals surface area contributed by atoms with E-state index in [1.807, 2.05) is 6.92 Å². The fourth-order valence-electron chi connectivity index (χ4n) is 4.52. The van der Waals surface area contributed by atoms with Crippen LogP contribution in [0.25, 0.3) is 0 Å². The SMILES string of the molecule is COC(=O)C=C(C)C=C[C@@H]1C[C@]1(C)c1ccc2c(c1)C(C)(C)CCC2(C)C. The molecule has 2 aliphatic rings. The van der Waals surface area contributed by atoms with Gasteiger partial charge in [-0.1, -0.05) is 65.0 Å². The maximum absolute atomic E-state index is 11.3. The first-order valence-electron chi connectivity index (χ1n) is 10.1. The maximum Gasteiger partial charge on any atom is 0.330 e. The Balaban J connectivity index is 1.84. The van der Waals surface area contributed by atoms with Gasteiger partial charge in [-0.15, -0.1) is 0 Å². The van der Waals surface area contributed by atoms with Gasteiger partial charge in [0.2, 0.25) is 0 Å². The van der Waals surface area contributed by atoms with E-state index in [2.05, 4.69) is 65.0 Å². The molecule has 2 atom stereocenters. The number of benzene rings is 1. The van der Waals surface area contributed by atoms with E-state index >= 15 is 0 Å². The van der Waals surface area contributed by atoms with Crippen molar-refractivity contribution in [2.75, 3.05) is 7.11 Å². The number of fused-ring (bicyclic) bond motifs is 1. The van der Waals surface area contributed by atoms with Crippen molar-refractivity contribution in [3.8, 4) is 0 Å². The highest BCUT2D eigenvalue weighted by molar-refractivity contribution is 5.83. The second-order valence-electron chi connectivity index (χ2n) is 10.0. The summed E-state index contributed by atoms with van der Waals surface area (Å²) < 4.78 is 4.69. The van der Waals surface area contributed by atoms with Crippen molar-refractivity contribution in [2.24, 2.45) is 5.92 Å². The Kier molecular flexibility index (Phi) is 4.91. The predicted molar refractivity (Wildman–Crippen MR) is 112 cm³/mol. The topological polar surface area (TPSA) is 26.3 Å². The first-order valence-corrected chi connectivity index (χ1v) is 10.1. The molecule has 1 saturated carbocycles. The fourth-order valence-corrected chi connectivity index (χ4v) is 4.52. The summed E-state index contributed by atoms with van der Waals surface area (Å²) >= 11 is 0. The molecule has 0 unspecified atom stereocenters. The molecule has 3 rings (SSSR count). The molecule has 0 aliphatic heterocycles. The average Bonchev–Trinajstić information content (AvgIpc) is 3.28. The standard InChI is InChI=1S/C25H34O2/c1-17(14-22(26)27-7)8-9-19-16-25(19,6)18-10-11-20-21(15-18)24(4,5)13-12-23(20,2)3/h8-11,14-15,19H,12-13,16H2,1-7H3/t19-,25-/m1/s1. The molecule has 2 nitrogen and oxygen atoms in total. The molecule has 1 aromatic carbocycles. The number of ether oxygens (including phenoxy) is 1. The Morgan fingerprint density at radius 3 is 2.33 bits per heavy atom. The molecule has 146 valence electrons. The molecular weight excluding hydrogens is 332 g/mol. The summed E-state index contributed by atoms with van der Waals surface area (Å²) in [6, 6.07) is 7.23. The van der Waals surface area contributed by atoms with Crippen LogP contribution in [0.4, 0.5) is 0 Å². The van der Waals surface area contributed by atoms with Crippen LogP contribution in [-0.4, -0.2) is 13.1 Å². The van der Waals surface area contributed by atoms with Gasteiger partial charge < -0.3 is 4.74 Å². The minimum atomic E-state index is -0.296.